The Morgan fingerprint density at radius 2 is 2.30 bits per heavy atom. The van der Waals surface area contributed by atoms with E-state index in [2.05, 4.69) is 15.0 Å². The molecule has 0 aliphatic rings. The zero-order chi connectivity index (χ0) is 14.1. The molecule has 3 aromatic heterocycles. The summed E-state index contributed by atoms with van der Waals surface area (Å²) < 4.78 is 12.5. The lowest BCUT2D eigenvalue weighted by atomic mass is 10.2. The van der Waals surface area contributed by atoms with Gasteiger partial charge in [0.2, 0.25) is 0 Å². The number of aromatic nitrogens is 3. The molecule has 0 saturated heterocycles. The van der Waals surface area contributed by atoms with Gasteiger partial charge in [0.05, 0.1) is 27.3 Å². The average Bonchev–Trinajstić information content (AvgIpc) is 3.07. The van der Waals surface area contributed by atoms with Crippen LogP contribution < -0.4 is 0 Å². The maximum Gasteiger partial charge on any atom is 0.198 e. The maximum atomic E-state index is 12.5. The molecular weight excluding hydrogens is 294 g/mol. The summed E-state index contributed by atoms with van der Waals surface area (Å²) in [5.41, 5.74) is 2.85. The van der Waals surface area contributed by atoms with Crippen LogP contribution in [0.5, 0.6) is 0 Å². The van der Waals surface area contributed by atoms with Crippen LogP contribution >= 0.6 is 11.3 Å². The number of rotatable bonds is 4. The summed E-state index contributed by atoms with van der Waals surface area (Å²) in [6, 6.07) is 3.27. The third kappa shape index (κ3) is 2.30. The van der Waals surface area contributed by atoms with E-state index in [-0.39, 0.29) is 5.25 Å². The predicted molar refractivity (Wildman–Crippen MR) is 78.4 cm³/mol. The van der Waals surface area contributed by atoms with E-state index in [1.165, 1.54) is 0 Å². The zero-order valence-corrected chi connectivity index (χ0v) is 12.2. The first-order chi connectivity index (χ1) is 9.69. The van der Waals surface area contributed by atoms with Gasteiger partial charge in [-0.15, -0.1) is 11.3 Å². The molecule has 3 aromatic rings. The highest BCUT2D eigenvalue weighted by Gasteiger charge is 2.20. The molecule has 0 saturated carbocycles. The molecule has 102 valence electrons. The highest BCUT2D eigenvalue weighted by molar-refractivity contribution is 7.85. The summed E-state index contributed by atoms with van der Waals surface area (Å²) in [6.07, 6.45) is 2.30. The summed E-state index contributed by atoms with van der Waals surface area (Å²) in [5, 5.41) is 3.93. The molecular formula is C13H11N3O2S2. The lowest BCUT2D eigenvalue weighted by Crippen LogP contribution is -2.07. The lowest BCUT2D eigenvalue weighted by molar-refractivity contribution is 0.112. The number of imidazole rings is 1. The first-order valence-electron chi connectivity index (χ1n) is 5.92. The summed E-state index contributed by atoms with van der Waals surface area (Å²) in [7, 11) is -1.34. The minimum Gasteiger partial charge on any atom is -0.330 e. The Morgan fingerprint density at radius 1 is 1.45 bits per heavy atom. The summed E-state index contributed by atoms with van der Waals surface area (Å²) >= 11 is 1.55. The SMILES string of the molecule is CC(c1cc(C=O)ccn1)S(=O)c1nc2cscc2[nH]1. The minimum atomic E-state index is -1.34. The van der Waals surface area contributed by atoms with Crippen LogP contribution in [-0.4, -0.2) is 25.4 Å². The van der Waals surface area contributed by atoms with E-state index in [0.717, 1.165) is 17.3 Å². The van der Waals surface area contributed by atoms with Crippen molar-refractivity contribution in [3.05, 3.63) is 40.3 Å². The van der Waals surface area contributed by atoms with Gasteiger partial charge in [-0.1, -0.05) is 0 Å². The number of fused-ring (bicyclic) bond motifs is 1. The van der Waals surface area contributed by atoms with Gasteiger partial charge in [0.25, 0.3) is 0 Å². The molecule has 0 aromatic carbocycles. The van der Waals surface area contributed by atoms with Gasteiger partial charge in [0, 0.05) is 22.5 Å². The van der Waals surface area contributed by atoms with Gasteiger partial charge in [0.1, 0.15) is 11.8 Å². The molecule has 0 amide bonds. The third-order valence-electron chi connectivity index (χ3n) is 2.97. The van der Waals surface area contributed by atoms with Gasteiger partial charge in [-0.2, -0.15) is 0 Å². The van der Waals surface area contributed by atoms with Crippen LogP contribution in [-0.2, 0) is 10.8 Å². The van der Waals surface area contributed by atoms with Crippen molar-refractivity contribution in [1.82, 2.24) is 15.0 Å². The van der Waals surface area contributed by atoms with E-state index in [1.54, 1.807) is 29.7 Å². The van der Waals surface area contributed by atoms with Crippen LogP contribution in [0.25, 0.3) is 11.0 Å². The molecule has 3 heterocycles. The van der Waals surface area contributed by atoms with Gasteiger partial charge in [0.15, 0.2) is 5.16 Å². The maximum absolute atomic E-state index is 12.5. The van der Waals surface area contributed by atoms with E-state index in [4.69, 9.17) is 0 Å². The average molecular weight is 305 g/mol. The van der Waals surface area contributed by atoms with Gasteiger partial charge in [-0.3, -0.25) is 14.0 Å². The Labute approximate surface area is 121 Å². The Hall–Kier alpha value is -1.86. The van der Waals surface area contributed by atoms with Crippen molar-refractivity contribution in [3.8, 4) is 0 Å². The predicted octanol–water partition coefficient (Wildman–Crippen LogP) is 2.70. The normalized spacial score (nSPS) is 14.2. The Bertz CT molecular complexity index is 765. The Balaban J connectivity index is 1.92. The smallest absolute Gasteiger partial charge is 0.198 e. The Kier molecular flexibility index (Phi) is 3.45. The number of pyridine rings is 1. The molecule has 0 fully saturated rings. The molecule has 1 N–H and O–H groups in total. The third-order valence-corrected chi connectivity index (χ3v) is 5.16. The van der Waals surface area contributed by atoms with Crippen LogP contribution in [0.3, 0.4) is 0 Å². The Morgan fingerprint density at radius 3 is 3.05 bits per heavy atom. The largest absolute Gasteiger partial charge is 0.330 e. The second kappa shape index (κ2) is 5.26. The summed E-state index contributed by atoms with van der Waals surface area (Å²) in [6.45, 7) is 1.81. The number of hydrogen-bond acceptors (Lipinski definition) is 5. The van der Waals surface area contributed by atoms with Crippen molar-refractivity contribution >= 4 is 39.5 Å². The van der Waals surface area contributed by atoms with Gasteiger partial charge >= 0.3 is 0 Å². The van der Waals surface area contributed by atoms with Crippen molar-refractivity contribution in [2.45, 2.75) is 17.3 Å². The molecule has 2 atom stereocenters. The second-order valence-electron chi connectivity index (χ2n) is 4.28. The van der Waals surface area contributed by atoms with Crippen LogP contribution in [0.1, 0.15) is 28.2 Å². The number of carbonyl (C=O) groups excluding carboxylic acids is 1. The molecule has 0 aliphatic heterocycles. The zero-order valence-electron chi connectivity index (χ0n) is 10.6. The molecule has 3 rings (SSSR count). The highest BCUT2D eigenvalue weighted by atomic mass is 32.2. The molecule has 0 bridgehead atoms. The quantitative estimate of drug-likeness (QED) is 0.752. The van der Waals surface area contributed by atoms with Crippen molar-refractivity contribution in [2.24, 2.45) is 0 Å². The summed E-state index contributed by atoms with van der Waals surface area (Å²) in [5.74, 6) is 0. The fraction of sp³-hybridized carbons (Fsp3) is 0.154. The molecule has 5 nitrogen and oxygen atoms in total. The molecule has 0 spiro atoms. The van der Waals surface area contributed by atoms with Gasteiger partial charge in [-0.05, 0) is 19.1 Å². The van der Waals surface area contributed by atoms with E-state index >= 15 is 0 Å². The number of aromatic amines is 1. The van der Waals surface area contributed by atoms with Crippen molar-refractivity contribution < 1.29 is 9.00 Å². The molecule has 0 radical (unpaired) electrons. The van der Waals surface area contributed by atoms with E-state index in [1.807, 2.05) is 17.7 Å². The number of thiophene rings is 1. The molecule has 20 heavy (non-hydrogen) atoms. The van der Waals surface area contributed by atoms with E-state index in [0.29, 0.717) is 16.4 Å². The first kappa shape index (κ1) is 13.1. The van der Waals surface area contributed by atoms with Crippen molar-refractivity contribution in [1.29, 1.82) is 0 Å². The number of hydrogen-bond donors (Lipinski definition) is 1. The standard InChI is InChI=1S/C13H11N3O2S2/c1-8(10-4-9(5-17)2-3-14-10)20(18)13-15-11-6-19-7-12(11)16-13/h2-8H,1H3,(H,15,16). The number of nitrogens with zero attached hydrogens (tertiary/aromatic N) is 2. The monoisotopic (exact) mass is 305 g/mol. The van der Waals surface area contributed by atoms with Crippen LogP contribution in [0.2, 0.25) is 0 Å². The fourth-order valence-electron chi connectivity index (χ4n) is 1.86. The van der Waals surface area contributed by atoms with Crippen LogP contribution in [0.15, 0.2) is 34.2 Å². The van der Waals surface area contributed by atoms with Crippen molar-refractivity contribution in [2.75, 3.05) is 0 Å². The van der Waals surface area contributed by atoms with Gasteiger partial charge < -0.3 is 4.98 Å². The second-order valence-corrected chi connectivity index (χ2v) is 6.72. The summed E-state index contributed by atoms with van der Waals surface area (Å²) in [4.78, 5) is 22.3. The topological polar surface area (TPSA) is 75.7 Å². The number of aldehydes is 1. The van der Waals surface area contributed by atoms with Crippen molar-refractivity contribution in [3.63, 3.8) is 0 Å². The van der Waals surface area contributed by atoms with E-state index in [9.17, 15) is 9.00 Å². The molecule has 0 aliphatic carbocycles. The number of carbonyl (C=O) groups is 1. The molecule has 7 heteroatoms. The number of nitrogens with one attached hydrogen (secondary N) is 1. The number of H-pyrrole nitrogens is 1. The fourth-order valence-corrected chi connectivity index (χ4v) is 3.63. The van der Waals surface area contributed by atoms with E-state index < -0.39 is 10.8 Å². The molecule has 2 unspecified atom stereocenters. The first-order valence-corrected chi connectivity index (χ1v) is 8.08. The lowest BCUT2D eigenvalue weighted by Gasteiger charge is -2.09. The highest BCUT2D eigenvalue weighted by Crippen LogP contribution is 2.25. The van der Waals surface area contributed by atoms with Gasteiger partial charge in [-0.25, -0.2) is 4.98 Å². The minimum absolute atomic E-state index is 0.339. The van der Waals surface area contributed by atoms with Crippen LogP contribution in [0.4, 0.5) is 0 Å². The van der Waals surface area contributed by atoms with Crippen LogP contribution in [0, 0.1) is 0 Å².